The summed E-state index contributed by atoms with van der Waals surface area (Å²) in [5.41, 5.74) is 0.968. The fourth-order valence-electron chi connectivity index (χ4n) is 3.47. The first-order valence-corrected chi connectivity index (χ1v) is 9.74. The monoisotopic (exact) mass is 420 g/mol. The van der Waals surface area contributed by atoms with Crippen LogP contribution in [0, 0.1) is 0 Å². The predicted molar refractivity (Wildman–Crippen MR) is 107 cm³/mol. The number of nitrogens with one attached hydrogen (secondary N) is 1. The molecule has 2 aliphatic rings. The van der Waals surface area contributed by atoms with Gasteiger partial charge in [0, 0.05) is 33.9 Å². The van der Waals surface area contributed by atoms with E-state index in [-0.39, 0.29) is 11.8 Å². The third kappa shape index (κ3) is 3.88. The lowest BCUT2D eigenvalue weighted by Gasteiger charge is -2.24. The van der Waals surface area contributed by atoms with Crippen LogP contribution in [0.15, 0.2) is 36.4 Å². The third-order valence-electron chi connectivity index (χ3n) is 4.74. The molecule has 146 valence electrons. The summed E-state index contributed by atoms with van der Waals surface area (Å²) >= 11 is 12.0. The van der Waals surface area contributed by atoms with Crippen molar-refractivity contribution in [1.29, 1.82) is 0 Å². The summed E-state index contributed by atoms with van der Waals surface area (Å²) in [7, 11) is 0. The Labute approximate surface area is 172 Å². The number of rotatable bonds is 3. The van der Waals surface area contributed by atoms with Crippen LogP contribution in [0.5, 0.6) is 11.5 Å². The molecule has 0 spiro atoms. The average Bonchev–Trinajstić information content (AvgIpc) is 3.16. The summed E-state index contributed by atoms with van der Waals surface area (Å²) < 4.78 is 11.0. The van der Waals surface area contributed by atoms with Gasteiger partial charge in [-0.1, -0.05) is 23.2 Å². The highest BCUT2D eigenvalue weighted by molar-refractivity contribution is 6.35. The maximum Gasteiger partial charge on any atom is 0.254 e. The molecule has 0 aliphatic carbocycles. The fraction of sp³-hybridized carbons (Fsp3) is 0.300. The quantitative estimate of drug-likeness (QED) is 0.814. The molecular formula is C20H18Cl2N2O4. The first-order valence-electron chi connectivity index (χ1n) is 8.99. The number of carbonyl (C=O) groups is 2. The van der Waals surface area contributed by atoms with Crippen molar-refractivity contribution in [3.63, 3.8) is 0 Å². The smallest absolute Gasteiger partial charge is 0.254 e. The molecule has 2 aromatic rings. The number of halogens is 2. The molecule has 2 heterocycles. The van der Waals surface area contributed by atoms with E-state index in [4.69, 9.17) is 32.7 Å². The van der Waals surface area contributed by atoms with Crippen LogP contribution in [0.3, 0.4) is 0 Å². The minimum absolute atomic E-state index is 0.240. The van der Waals surface area contributed by atoms with Crippen molar-refractivity contribution in [2.75, 3.05) is 25.1 Å². The molecule has 2 aliphatic heterocycles. The topological polar surface area (TPSA) is 67.9 Å². The van der Waals surface area contributed by atoms with Gasteiger partial charge in [-0.05, 0) is 43.2 Å². The van der Waals surface area contributed by atoms with Gasteiger partial charge < -0.3 is 19.7 Å². The standard InChI is InChI=1S/C20H18Cl2N2O4/c21-13-8-12(9-14(22)10-13)20(26)24-5-1-2-16(24)19(25)23-15-3-4-17-18(11-15)28-7-6-27-17/h3-4,8-11,16H,1-2,5-7H2,(H,23,25)/t16-/m1/s1. The lowest BCUT2D eigenvalue weighted by atomic mass is 10.1. The van der Waals surface area contributed by atoms with E-state index in [0.717, 1.165) is 6.42 Å². The Morgan fingerprint density at radius 3 is 2.46 bits per heavy atom. The molecule has 1 N–H and O–H groups in total. The number of likely N-dealkylation sites (tertiary alicyclic amines) is 1. The molecule has 8 heteroatoms. The van der Waals surface area contributed by atoms with Crippen molar-refractivity contribution >= 4 is 40.7 Å². The van der Waals surface area contributed by atoms with Gasteiger partial charge in [0.15, 0.2) is 11.5 Å². The number of carbonyl (C=O) groups excluding carboxylic acids is 2. The lowest BCUT2D eigenvalue weighted by Crippen LogP contribution is -2.43. The van der Waals surface area contributed by atoms with Gasteiger partial charge in [0.05, 0.1) is 0 Å². The summed E-state index contributed by atoms with van der Waals surface area (Å²) in [6, 6.07) is 9.37. The SMILES string of the molecule is O=C(Nc1ccc2c(c1)OCCO2)[C@H]1CCCN1C(=O)c1cc(Cl)cc(Cl)c1. The minimum Gasteiger partial charge on any atom is -0.486 e. The van der Waals surface area contributed by atoms with Crippen molar-refractivity contribution in [3.8, 4) is 11.5 Å². The lowest BCUT2D eigenvalue weighted by molar-refractivity contribution is -0.119. The van der Waals surface area contributed by atoms with Gasteiger partial charge in [-0.25, -0.2) is 0 Å². The fourth-order valence-corrected chi connectivity index (χ4v) is 4.00. The van der Waals surface area contributed by atoms with Crippen molar-refractivity contribution in [3.05, 3.63) is 52.0 Å². The molecule has 6 nitrogen and oxygen atoms in total. The highest BCUT2D eigenvalue weighted by atomic mass is 35.5. The van der Waals surface area contributed by atoms with E-state index < -0.39 is 6.04 Å². The summed E-state index contributed by atoms with van der Waals surface area (Å²) in [6.45, 7) is 1.48. The summed E-state index contributed by atoms with van der Waals surface area (Å²) in [4.78, 5) is 27.3. The van der Waals surface area contributed by atoms with Crippen LogP contribution >= 0.6 is 23.2 Å². The Balaban J connectivity index is 1.50. The number of hydrogen-bond donors (Lipinski definition) is 1. The van der Waals surface area contributed by atoms with Crippen molar-refractivity contribution in [2.45, 2.75) is 18.9 Å². The molecule has 0 unspecified atom stereocenters. The molecular weight excluding hydrogens is 403 g/mol. The van der Waals surface area contributed by atoms with Crippen molar-refractivity contribution in [1.82, 2.24) is 4.90 Å². The average molecular weight is 421 g/mol. The van der Waals surface area contributed by atoms with Crippen LogP contribution in [0.2, 0.25) is 10.0 Å². The zero-order valence-corrected chi connectivity index (χ0v) is 16.4. The number of hydrogen-bond acceptors (Lipinski definition) is 4. The van der Waals surface area contributed by atoms with Crippen LogP contribution in [0.4, 0.5) is 5.69 Å². The molecule has 2 aromatic carbocycles. The second kappa shape index (κ2) is 7.89. The maximum absolute atomic E-state index is 12.9. The Kier molecular flexibility index (Phi) is 5.33. The van der Waals surface area contributed by atoms with Gasteiger partial charge in [-0.15, -0.1) is 0 Å². The van der Waals surface area contributed by atoms with Crippen LogP contribution in [-0.4, -0.2) is 42.5 Å². The minimum atomic E-state index is -0.557. The van der Waals surface area contributed by atoms with E-state index in [0.29, 0.717) is 59.0 Å². The van der Waals surface area contributed by atoms with Gasteiger partial charge in [0.2, 0.25) is 5.91 Å². The van der Waals surface area contributed by atoms with E-state index in [2.05, 4.69) is 5.32 Å². The highest BCUT2D eigenvalue weighted by Gasteiger charge is 2.35. The van der Waals surface area contributed by atoms with Crippen molar-refractivity contribution in [2.24, 2.45) is 0 Å². The van der Waals surface area contributed by atoms with Crippen LogP contribution in [0.25, 0.3) is 0 Å². The number of ether oxygens (including phenoxy) is 2. The number of fused-ring (bicyclic) bond motifs is 1. The zero-order chi connectivity index (χ0) is 19.7. The van der Waals surface area contributed by atoms with E-state index in [9.17, 15) is 9.59 Å². The molecule has 0 saturated carbocycles. The molecule has 1 fully saturated rings. The number of anilines is 1. The summed E-state index contributed by atoms with van der Waals surface area (Å²) in [5.74, 6) is 0.747. The van der Waals surface area contributed by atoms with E-state index in [1.807, 2.05) is 0 Å². The largest absolute Gasteiger partial charge is 0.486 e. The number of amides is 2. The van der Waals surface area contributed by atoms with Gasteiger partial charge >= 0.3 is 0 Å². The molecule has 1 atom stereocenters. The first kappa shape index (κ1) is 18.9. The van der Waals surface area contributed by atoms with E-state index in [1.54, 1.807) is 41.3 Å². The normalized spacial score (nSPS) is 18.1. The Bertz CT molecular complexity index is 914. The third-order valence-corrected chi connectivity index (χ3v) is 5.17. The van der Waals surface area contributed by atoms with Gasteiger partial charge in [0.1, 0.15) is 19.3 Å². The summed E-state index contributed by atoms with van der Waals surface area (Å²) in [6.07, 6.45) is 1.34. The molecule has 2 amide bonds. The van der Waals surface area contributed by atoms with Gasteiger partial charge in [0.25, 0.3) is 5.91 Å². The van der Waals surface area contributed by atoms with Crippen LogP contribution in [-0.2, 0) is 4.79 Å². The number of benzene rings is 2. The molecule has 0 radical (unpaired) electrons. The summed E-state index contributed by atoms with van der Waals surface area (Å²) in [5, 5.41) is 3.64. The van der Waals surface area contributed by atoms with E-state index in [1.165, 1.54) is 0 Å². The second-order valence-electron chi connectivity index (χ2n) is 6.66. The molecule has 4 rings (SSSR count). The van der Waals surface area contributed by atoms with Crippen LogP contribution < -0.4 is 14.8 Å². The van der Waals surface area contributed by atoms with Crippen LogP contribution in [0.1, 0.15) is 23.2 Å². The Morgan fingerprint density at radius 1 is 1.00 bits per heavy atom. The first-order chi connectivity index (χ1) is 13.5. The van der Waals surface area contributed by atoms with Gasteiger partial charge in [-0.2, -0.15) is 0 Å². The highest BCUT2D eigenvalue weighted by Crippen LogP contribution is 2.33. The zero-order valence-electron chi connectivity index (χ0n) is 14.9. The molecule has 1 saturated heterocycles. The van der Waals surface area contributed by atoms with Gasteiger partial charge in [-0.3, -0.25) is 9.59 Å². The van der Waals surface area contributed by atoms with Crippen molar-refractivity contribution < 1.29 is 19.1 Å². The maximum atomic E-state index is 12.9. The van der Waals surface area contributed by atoms with E-state index >= 15 is 0 Å². The Hall–Kier alpha value is -2.44. The predicted octanol–water partition coefficient (Wildman–Crippen LogP) is 4.01. The number of nitrogens with zero attached hydrogens (tertiary/aromatic N) is 1. The molecule has 28 heavy (non-hydrogen) atoms. The Morgan fingerprint density at radius 2 is 1.71 bits per heavy atom. The molecule has 0 aromatic heterocycles. The second-order valence-corrected chi connectivity index (χ2v) is 7.54. The molecule has 0 bridgehead atoms.